The Morgan fingerprint density at radius 2 is 1.88 bits per heavy atom. The molecular formula is C12H13NO4. The van der Waals surface area contributed by atoms with Gasteiger partial charge in [-0.1, -0.05) is 6.07 Å². The number of hydrogen-bond donors (Lipinski definition) is 3. The Kier molecular flexibility index (Phi) is 2.85. The highest BCUT2D eigenvalue weighted by atomic mass is 16.4. The summed E-state index contributed by atoms with van der Waals surface area (Å²) in [4.78, 5) is 22.2. The maximum absolute atomic E-state index is 11.2. The van der Waals surface area contributed by atoms with Crippen LogP contribution in [0.4, 0.5) is 0 Å². The first kappa shape index (κ1) is 11.6. The Morgan fingerprint density at radius 3 is 2.29 bits per heavy atom. The average molecular weight is 235 g/mol. The van der Waals surface area contributed by atoms with E-state index < -0.39 is 11.9 Å². The number of benzene rings is 1. The average Bonchev–Trinajstić information content (AvgIpc) is 2.13. The summed E-state index contributed by atoms with van der Waals surface area (Å²) in [5.41, 5.74) is 1.24. The maximum atomic E-state index is 11.2. The smallest absolute Gasteiger partial charge is 0.336 e. The van der Waals surface area contributed by atoms with Gasteiger partial charge in [0.05, 0.1) is 11.1 Å². The number of carboxylic acids is 2. The number of carbonyl (C=O) groups is 2. The van der Waals surface area contributed by atoms with E-state index >= 15 is 0 Å². The van der Waals surface area contributed by atoms with E-state index in [9.17, 15) is 14.7 Å². The van der Waals surface area contributed by atoms with Gasteiger partial charge in [-0.25, -0.2) is 9.59 Å². The topological polar surface area (TPSA) is 86.6 Å². The van der Waals surface area contributed by atoms with Gasteiger partial charge in [-0.2, -0.15) is 0 Å². The summed E-state index contributed by atoms with van der Waals surface area (Å²) in [5, 5.41) is 21.2. The summed E-state index contributed by atoms with van der Waals surface area (Å²) < 4.78 is 0. The molecule has 1 heterocycles. The van der Waals surface area contributed by atoms with Crippen LogP contribution in [0.25, 0.3) is 0 Å². The largest absolute Gasteiger partial charge is 0.478 e. The molecule has 0 unspecified atom stereocenters. The molecule has 1 aliphatic heterocycles. The Labute approximate surface area is 98.1 Å². The fraction of sp³-hybridized carbons (Fsp3) is 0.333. The summed E-state index contributed by atoms with van der Waals surface area (Å²) in [6.07, 6.45) is 0. The van der Waals surface area contributed by atoms with Crippen molar-refractivity contribution in [2.45, 2.75) is 12.8 Å². The maximum Gasteiger partial charge on any atom is 0.336 e. The zero-order valence-electron chi connectivity index (χ0n) is 9.36. The van der Waals surface area contributed by atoms with Gasteiger partial charge in [-0.15, -0.1) is 0 Å². The molecule has 90 valence electrons. The molecule has 1 fully saturated rings. The van der Waals surface area contributed by atoms with Crippen LogP contribution >= 0.6 is 0 Å². The molecule has 0 atom stereocenters. The van der Waals surface area contributed by atoms with Crippen LogP contribution in [0.5, 0.6) is 0 Å². The van der Waals surface area contributed by atoms with Crippen LogP contribution in [0, 0.1) is 6.92 Å². The SMILES string of the molecule is Cc1c(C(=O)O)ccc(C2CNC2)c1C(=O)O. The molecule has 0 saturated carbocycles. The number of hydrogen-bond acceptors (Lipinski definition) is 3. The van der Waals surface area contributed by atoms with Crippen molar-refractivity contribution in [1.82, 2.24) is 5.32 Å². The zero-order valence-corrected chi connectivity index (χ0v) is 9.36. The Hall–Kier alpha value is -1.88. The number of aromatic carboxylic acids is 2. The summed E-state index contributed by atoms with van der Waals surface area (Å²) in [5.74, 6) is -1.99. The molecule has 1 saturated heterocycles. The third kappa shape index (κ3) is 1.89. The summed E-state index contributed by atoms with van der Waals surface area (Å²) in [6.45, 7) is 3.03. The van der Waals surface area contributed by atoms with Gasteiger partial charge in [0.1, 0.15) is 0 Å². The van der Waals surface area contributed by atoms with E-state index in [0.717, 1.165) is 18.7 Å². The lowest BCUT2D eigenvalue weighted by molar-refractivity contribution is 0.0694. The van der Waals surface area contributed by atoms with Gasteiger partial charge in [0.2, 0.25) is 0 Å². The zero-order chi connectivity index (χ0) is 12.6. The number of carboxylic acid groups (broad SMARTS) is 2. The minimum absolute atomic E-state index is 0.0541. The summed E-state index contributed by atoms with van der Waals surface area (Å²) in [7, 11) is 0. The highest BCUT2D eigenvalue weighted by molar-refractivity contribution is 5.97. The lowest BCUT2D eigenvalue weighted by Crippen LogP contribution is -2.40. The van der Waals surface area contributed by atoms with Crippen LogP contribution in [-0.2, 0) is 0 Å². The van der Waals surface area contributed by atoms with Crippen molar-refractivity contribution in [1.29, 1.82) is 0 Å². The van der Waals surface area contributed by atoms with Gasteiger partial charge in [-0.3, -0.25) is 0 Å². The molecule has 0 bridgehead atoms. The van der Waals surface area contributed by atoms with Gasteiger partial charge in [0, 0.05) is 19.0 Å². The number of rotatable bonds is 3. The molecule has 0 spiro atoms. The molecule has 3 N–H and O–H groups in total. The normalized spacial score (nSPS) is 15.4. The van der Waals surface area contributed by atoms with Gasteiger partial charge in [0.25, 0.3) is 0 Å². The van der Waals surface area contributed by atoms with E-state index in [1.165, 1.54) is 6.07 Å². The molecule has 0 aliphatic carbocycles. The minimum atomic E-state index is -1.09. The van der Waals surface area contributed by atoms with Crippen molar-refractivity contribution < 1.29 is 19.8 Å². The predicted molar refractivity (Wildman–Crippen MR) is 60.7 cm³/mol. The Bertz CT molecular complexity index is 492. The first-order chi connectivity index (χ1) is 8.02. The highest BCUT2D eigenvalue weighted by Gasteiger charge is 2.27. The van der Waals surface area contributed by atoms with E-state index in [0.29, 0.717) is 5.56 Å². The third-order valence-electron chi connectivity index (χ3n) is 3.16. The molecule has 5 nitrogen and oxygen atoms in total. The van der Waals surface area contributed by atoms with E-state index in [1.54, 1.807) is 13.0 Å². The van der Waals surface area contributed by atoms with Gasteiger partial charge in [-0.05, 0) is 24.1 Å². The molecule has 0 aromatic heterocycles. The summed E-state index contributed by atoms with van der Waals surface area (Å²) >= 11 is 0. The molecular weight excluding hydrogens is 222 g/mol. The highest BCUT2D eigenvalue weighted by Crippen LogP contribution is 2.28. The fourth-order valence-corrected chi connectivity index (χ4v) is 2.10. The van der Waals surface area contributed by atoms with E-state index in [-0.39, 0.29) is 17.0 Å². The van der Waals surface area contributed by atoms with Crippen LogP contribution in [-0.4, -0.2) is 35.2 Å². The number of nitrogens with one attached hydrogen (secondary N) is 1. The van der Waals surface area contributed by atoms with Crippen LogP contribution in [0.15, 0.2) is 12.1 Å². The van der Waals surface area contributed by atoms with Gasteiger partial charge < -0.3 is 15.5 Å². The molecule has 2 rings (SSSR count). The molecule has 0 amide bonds. The van der Waals surface area contributed by atoms with E-state index in [1.807, 2.05) is 0 Å². The predicted octanol–water partition coefficient (Wildman–Crippen LogP) is 1.08. The molecule has 1 aromatic rings. The van der Waals surface area contributed by atoms with Crippen LogP contribution in [0.1, 0.15) is 37.8 Å². The standard InChI is InChI=1S/C12H13NO4/c1-6-8(11(14)15)2-3-9(7-4-13-5-7)10(6)12(16)17/h2-3,7,13H,4-5H2,1H3,(H,14,15)(H,16,17). The second kappa shape index (κ2) is 4.18. The second-order valence-corrected chi connectivity index (χ2v) is 4.17. The van der Waals surface area contributed by atoms with Crippen LogP contribution in [0.2, 0.25) is 0 Å². The van der Waals surface area contributed by atoms with E-state index in [4.69, 9.17) is 5.11 Å². The first-order valence-electron chi connectivity index (χ1n) is 5.33. The molecule has 0 radical (unpaired) electrons. The van der Waals surface area contributed by atoms with Crippen LogP contribution in [0.3, 0.4) is 0 Å². The monoisotopic (exact) mass is 235 g/mol. The van der Waals surface area contributed by atoms with Gasteiger partial charge in [0.15, 0.2) is 0 Å². The molecule has 1 aromatic carbocycles. The van der Waals surface area contributed by atoms with Gasteiger partial charge >= 0.3 is 11.9 Å². The fourth-order valence-electron chi connectivity index (χ4n) is 2.10. The molecule has 17 heavy (non-hydrogen) atoms. The minimum Gasteiger partial charge on any atom is -0.478 e. The lowest BCUT2D eigenvalue weighted by atomic mass is 9.86. The second-order valence-electron chi connectivity index (χ2n) is 4.17. The van der Waals surface area contributed by atoms with Crippen molar-refractivity contribution in [2.24, 2.45) is 0 Å². The first-order valence-corrected chi connectivity index (χ1v) is 5.33. The molecule has 5 heteroatoms. The Balaban J connectivity index is 2.57. The van der Waals surface area contributed by atoms with Crippen molar-refractivity contribution in [3.63, 3.8) is 0 Å². The Morgan fingerprint density at radius 1 is 1.24 bits per heavy atom. The van der Waals surface area contributed by atoms with Crippen molar-refractivity contribution in [3.05, 3.63) is 34.4 Å². The van der Waals surface area contributed by atoms with Crippen molar-refractivity contribution >= 4 is 11.9 Å². The van der Waals surface area contributed by atoms with Crippen molar-refractivity contribution in [3.8, 4) is 0 Å². The lowest BCUT2D eigenvalue weighted by Gasteiger charge is -2.29. The third-order valence-corrected chi connectivity index (χ3v) is 3.16. The van der Waals surface area contributed by atoms with Crippen LogP contribution < -0.4 is 5.32 Å². The molecule has 1 aliphatic rings. The van der Waals surface area contributed by atoms with Crippen molar-refractivity contribution in [2.75, 3.05) is 13.1 Å². The quantitative estimate of drug-likeness (QED) is 0.729. The summed E-state index contributed by atoms with van der Waals surface area (Å²) in [6, 6.07) is 3.10. The van der Waals surface area contributed by atoms with E-state index in [2.05, 4.69) is 5.32 Å².